The Morgan fingerprint density at radius 1 is 1.23 bits per heavy atom. The highest BCUT2D eigenvalue weighted by Crippen LogP contribution is 2.27. The molecule has 0 radical (unpaired) electrons. The van der Waals surface area contributed by atoms with E-state index in [1.54, 1.807) is 24.4 Å². The van der Waals surface area contributed by atoms with Crippen LogP contribution >= 0.6 is 0 Å². The number of aryl methyl sites for hydroxylation is 2. The van der Waals surface area contributed by atoms with Crippen LogP contribution in [0.1, 0.15) is 15.9 Å². The fraction of sp³-hybridized carbons (Fsp3) is 0.167. The molecule has 0 spiro atoms. The van der Waals surface area contributed by atoms with Crippen molar-refractivity contribution < 1.29 is 22.2 Å². The van der Waals surface area contributed by atoms with Crippen LogP contribution < -0.4 is 15.6 Å². The van der Waals surface area contributed by atoms with Gasteiger partial charge in [0.15, 0.2) is 15.5 Å². The van der Waals surface area contributed by atoms with Crippen LogP contribution in [0, 0.1) is 5.82 Å². The van der Waals surface area contributed by atoms with E-state index in [0.29, 0.717) is 22.5 Å². The highest BCUT2D eigenvalue weighted by atomic mass is 32.2. The third kappa shape index (κ3) is 5.19. The molecular formula is C24H24FN6O3S+. The van der Waals surface area contributed by atoms with Crippen molar-refractivity contribution in [2.24, 2.45) is 14.1 Å². The maximum Gasteiger partial charge on any atom is 0.254 e. The van der Waals surface area contributed by atoms with Crippen molar-refractivity contribution in [3.63, 3.8) is 0 Å². The zero-order chi connectivity index (χ0) is 25.3. The summed E-state index contributed by atoms with van der Waals surface area (Å²) < 4.78 is 42.1. The van der Waals surface area contributed by atoms with E-state index in [1.807, 2.05) is 35.8 Å². The number of sulfone groups is 1. The number of aromatic nitrogens is 4. The maximum atomic E-state index is 14.9. The molecule has 0 aliphatic heterocycles. The van der Waals surface area contributed by atoms with Gasteiger partial charge in [0, 0.05) is 18.4 Å². The van der Waals surface area contributed by atoms with E-state index in [0.717, 1.165) is 11.9 Å². The molecule has 180 valence electrons. The fourth-order valence-corrected chi connectivity index (χ4v) is 4.34. The Hall–Kier alpha value is -4.12. The molecule has 4 aromatic rings. The predicted molar refractivity (Wildman–Crippen MR) is 128 cm³/mol. The number of benzene rings is 2. The Labute approximate surface area is 202 Å². The highest BCUT2D eigenvalue weighted by Gasteiger charge is 2.18. The number of carbonyl (C=O) groups excluding carboxylic acids is 1. The third-order valence-electron chi connectivity index (χ3n) is 5.39. The van der Waals surface area contributed by atoms with Crippen LogP contribution in [0.25, 0.3) is 22.6 Å². The topological polar surface area (TPSA) is 124 Å². The molecule has 0 aliphatic carbocycles. The molecule has 0 bridgehead atoms. The van der Waals surface area contributed by atoms with E-state index >= 15 is 0 Å². The Bertz CT molecular complexity index is 1550. The smallest absolute Gasteiger partial charge is 0.254 e. The van der Waals surface area contributed by atoms with Crippen molar-refractivity contribution in [1.82, 2.24) is 19.9 Å². The number of nitrogens with two attached hydrogens (primary N) is 1. The molecule has 0 unspecified atom stereocenters. The number of halogens is 1. The lowest BCUT2D eigenvalue weighted by molar-refractivity contribution is -0.670. The molecule has 0 atom stereocenters. The molecule has 0 saturated carbocycles. The number of imidazole rings is 1. The number of amides is 1. The van der Waals surface area contributed by atoms with Gasteiger partial charge in [0.05, 0.1) is 30.8 Å². The molecule has 0 aliphatic rings. The van der Waals surface area contributed by atoms with Gasteiger partial charge in [-0.15, -0.1) is 0 Å². The van der Waals surface area contributed by atoms with E-state index < -0.39 is 21.6 Å². The van der Waals surface area contributed by atoms with Crippen LogP contribution in [0.15, 0.2) is 66.1 Å². The van der Waals surface area contributed by atoms with Gasteiger partial charge >= 0.3 is 0 Å². The van der Waals surface area contributed by atoms with Crippen molar-refractivity contribution in [3.05, 3.63) is 78.1 Å². The molecule has 0 fully saturated rings. The molecule has 4 rings (SSSR count). The number of hydrogen-bond donors (Lipinski definition) is 2. The SMILES string of the molecule is Cn1c[n+](C)cc1-c1cnc(N)c(-c2ccc(C(=O)NCc3cccc(S(C)(=O)=O)c3)c(F)c2)n1. The number of carbonyl (C=O) groups is 1. The van der Waals surface area contributed by atoms with Crippen LogP contribution in [0.2, 0.25) is 0 Å². The summed E-state index contributed by atoms with van der Waals surface area (Å²) >= 11 is 0. The summed E-state index contributed by atoms with van der Waals surface area (Å²) in [6, 6.07) is 10.3. The summed E-state index contributed by atoms with van der Waals surface area (Å²) in [5.74, 6) is -1.25. The van der Waals surface area contributed by atoms with Gasteiger partial charge in [0.1, 0.15) is 29.2 Å². The van der Waals surface area contributed by atoms with Crippen molar-refractivity contribution in [2.75, 3.05) is 12.0 Å². The molecule has 1 amide bonds. The van der Waals surface area contributed by atoms with Gasteiger partial charge < -0.3 is 11.1 Å². The minimum Gasteiger partial charge on any atom is -0.382 e. The third-order valence-corrected chi connectivity index (χ3v) is 6.50. The summed E-state index contributed by atoms with van der Waals surface area (Å²) in [6.07, 6.45) is 6.40. The van der Waals surface area contributed by atoms with Crippen molar-refractivity contribution in [3.8, 4) is 22.6 Å². The maximum absolute atomic E-state index is 14.9. The Kier molecular flexibility index (Phi) is 6.35. The summed E-state index contributed by atoms with van der Waals surface area (Å²) in [7, 11) is 0.382. The van der Waals surface area contributed by atoms with Crippen LogP contribution in [-0.2, 0) is 30.5 Å². The lowest BCUT2D eigenvalue weighted by atomic mass is 10.1. The van der Waals surface area contributed by atoms with Gasteiger partial charge in [-0.05, 0) is 29.8 Å². The molecule has 35 heavy (non-hydrogen) atoms. The fourth-order valence-electron chi connectivity index (χ4n) is 3.64. The van der Waals surface area contributed by atoms with Gasteiger partial charge in [0.25, 0.3) is 5.91 Å². The number of rotatable bonds is 6. The zero-order valence-corrected chi connectivity index (χ0v) is 20.2. The number of nitrogens with zero attached hydrogens (tertiary/aromatic N) is 4. The molecule has 9 nitrogen and oxygen atoms in total. The lowest BCUT2D eigenvalue weighted by Gasteiger charge is -2.10. The Morgan fingerprint density at radius 3 is 2.66 bits per heavy atom. The van der Waals surface area contributed by atoms with Gasteiger partial charge in [0.2, 0.25) is 6.33 Å². The van der Waals surface area contributed by atoms with Gasteiger partial charge in [-0.2, -0.15) is 0 Å². The summed E-state index contributed by atoms with van der Waals surface area (Å²) in [6.45, 7) is 0.0396. The largest absolute Gasteiger partial charge is 0.382 e. The summed E-state index contributed by atoms with van der Waals surface area (Å²) in [5, 5.41) is 2.61. The second kappa shape index (κ2) is 9.26. The molecular weight excluding hydrogens is 471 g/mol. The lowest BCUT2D eigenvalue weighted by Crippen LogP contribution is -2.24. The summed E-state index contributed by atoms with van der Waals surface area (Å²) in [4.78, 5) is 21.5. The van der Waals surface area contributed by atoms with E-state index in [9.17, 15) is 17.6 Å². The van der Waals surface area contributed by atoms with Crippen LogP contribution in [0.5, 0.6) is 0 Å². The van der Waals surface area contributed by atoms with Crippen LogP contribution in [0.4, 0.5) is 10.2 Å². The predicted octanol–water partition coefficient (Wildman–Crippen LogP) is 2.03. The number of anilines is 1. The minimum absolute atomic E-state index is 0.0396. The molecule has 2 heterocycles. The average molecular weight is 496 g/mol. The minimum atomic E-state index is -3.38. The zero-order valence-electron chi connectivity index (χ0n) is 19.4. The quantitative estimate of drug-likeness (QED) is 0.395. The monoisotopic (exact) mass is 495 g/mol. The first kappa shape index (κ1) is 24.0. The van der Waals surface area contributed by atoms with E-state index in [2.05, 4.69) is 15.3 Å². The molecule has 11 heteroatoms. The Balaban J connectivity index is 1.56. The average Bonchev–Trinajstić information content (AvgIpc) is 3.15. The van der Waals surface area contributed by atoms with Gasteiger partial charge in [-0.3, -0.25) is 4.79 Å². The first-order chi connectivity index (χ1) is 16.5. The number of nitrogen functional groups attached to an aromatic ring is 1. The van der Waals surface area contributed by atoms with Crippen molar-refractivity contribution in [1.29, 1.82) is 0 Å². The normalized spacial score (nSPS) is 11.4. The van der Waals surface area contributed by atoms with Gasteiger partial charge in [-0.1, -0.05) is 18.2 Å². The van der Waals surface area contributed by atoms with Gasteiger partial charge in [-0.25, -0.2) is 31.9 Å². The highest BCUT2D eigenvalue weighted by molar-refractivity contribution is 7.90. The van der Waals surface area contributed by atoms with E-state index in [4.69, 9.17) is 5.73 Å². The van der Waals surface area contributed by atoms with Crippen LogP contribution in [0.3, 0.4) is 0 Å². The molecule has 0 saturated heterocycles. The molecule has 3 N–H and O–H groups in total. The molecule has 2 aromatic heterocycles. The number of hydrogen-bond acceptors (Lipinski definition) is 6. The second-order valence-corrected chi connectivity index (χ2v) is 10.2. The number of nitrogens with one attached hydrogen (secondary N) is 1. The standard InChI is InChI=1S/C24H23FN6O3S/c1-30-13-21(31(2)14-30)20-12-27-23(26)22(29-20)16-7-8-18(19(25)10-16)24(32)28-11-15-5-4-6-17(9-15)35(3,33)34/h4-10,12-14H,11H2,1-3H3,(H2-,26,27,28,32)/p+1. The first-order valence-electron chi connectivity index (χ1n) is 10.5. The van der Waals surface area contributed by atoms with E-state index in [1.165, 1.54) is 24.3 Å². The second-order valence-electron chi connectivity index (χ2n) is 8.19. The van der Waals surface area contributed by atoms with Crippen molar-refractivity contribution in [2.45, 2.75) is 11.4 Å². The van der Waals surface area contributed by atoms with E-state index in [-0.39, 0.29) is 22.8 Å². The summed E-state index contributed by atoms with van der Waals surface area (Å²) in [5.41, 5.74) is 8.48. The Morgan fingerprint density at radius 2 is 2.00 bits per heavy atom. The van der Waals surface area contributed by atoms with Crippen molar-refractivity contribution >= 4 is 21.6 Å². The first-order valence-corrected chi connectivity index (χ1v) is 12.4. The van der Waals surface area contributed by atoms with Crippen LogP contribution in [-0.4, -0.2) is 35.1 Å². The molecule has 2 aromatic carbocycles.